The monoisotopic (exact) mass is 344 g/mol. The number of phenols is 1. The highest BCUT2D eigenvalue weighted by Gasteiger charge is 2.22. The van der Waals surface area contributed by atoms with Crippen molar-refractivity contribution in [1.29, 1.82) is 0 Å². The van der Waals surface area contributed by atoms with Gasteiger partial charge in [0.15, 0.2) is 0 Å². The minimum Gasteiger partial charge on any atom is -0.507 e. The Hall–Kier alpha value is -2.39. The van der Waals surface area contributed by atoms with Crippen molar-refractivity contribution < 1.29 is 13.9 Å². The molecule has 0 saturated carbocycles. The zero-order chi connectivity index (χ0) is 17.3. The van der Waals surface area contributed by atoms with Gasteiger partial charge in [0.2, 0.25) is 0 Å². The highest BCUT2D eigenvalue weighted by atomic mass is 35.5. The highest BCUT2D eigenvalue weighted by molar-refractivity contribution is 6.30. The van der Waals surface area contributed by atoms with Crippen LogP contribution >= 0.6 is 11.6 Å². The molecule has 0 aliphatic carbocycles. The predicted octanol–water partition coefficient (Wildman–Crippen LogP) is 5.81. The number of rotatable bonds is 3. The van der Waals surface area contributed by atoms with E-state index < -0.39 is 0 Å². The third-order valence-electron chi connectivity index (χ3n) is 4.01. The first-order valence-electron chi connectivity index (χ1n) is 7.45. The van der Waals surface area contributed by atoms with Crippen LogP contribution in [0.15, 0.2) is 60.7 Å². The zero-order valence-electron chi connectivity index (χ0n) is 12.9. The Morgan fingerprint density at radius 2 is 1.29 bits per heavy atom. The van der Waals surface area contributed by atoms with Crippen molar-refractivity contribution in [3.8, 4) is 5.75 Å². The van der Waals surface area contributed by atoms with Crippen molar-refractivity contribution in [3.05, 3.63) is 99.6 Å². The van der Waals surface area contributed by atoms with Crippen LogP contribution in [0.1, 0.15) is 28.2 Å². The second-order valence-electron chi connectivity index (χ2n) is 5.70. The Morgan fingerprint density at radius 1 is 0.833 bits per heavy atom. The maximum absolute atomic E-state index is 13.3. The molecule has 122 valence electrons. The number of aryl methyl sites for hydroxylation is 1. The maximum Gasteiger partial charge on any atom is 0.123 e. The van der Waals surface area contributed by atoms with E-state index in [4.69, 9.17) is 11.6 Å². The van der Waals surface area contributed by atoms with Crippen molar-refractivity contribution in [3.63, 3.8) is 0 Å². The van der Waals surface area contributed by atoms with Crippen LogP contribution < -0.4 is 0 Å². The van der Waals surface area contributed by atoms with E-state index in [1.807, 2.05) is 0 Å². The molecule has 24 heavy (non-hydrogen) atoms. The number of benzene rings is 3. The second kappa shape index (κ2) is 6.62. The molecule has 4 heteroatoms. The number of phenolic OH excluding ortho intramolecular Hbond substituents is 1. The Morgan fingerprint density at radius 3 is 1.75 bits per heavy atom. The number of aromatic hydroxyl groups is 1. The normalized spacial score (nSPS) is 11.0. The molecule has 0 spiro atoms. The molecule has 3 aromatic rings. The SMILES string of the molecule is Cc1cc(Cl)cc(C(c2ccc(F)cc2)c2ccc(F)cc2)c1O. The van der Waals surface area contributed by atoms with Gasteiger partial charge in [-0.25, -0.2) is 8.78 Å². The first kappa shape index (κ1) is 16.5. The van der Waals surface area contributed by atoms with Gasteiger partial charge in [-0.05, 0) is 60.0 Å². The van der Waals surface area contributed by atoms with Crippen molar-refractivity contribution in [1.82, 2.24) is 0 Å². The molecule has 0 bridgehead atoms. The molecule has 0 aliphatic rings. The van der Waals surface area contributed by atoms with Crippen LogP contribution in [0.5, 0.6) is 5.75 Å². The summed E-state index contributed by atoms with van der Waals surface area (Å²) in [6.07, 6.45) is 0. The summed E-state index contributed by atoms with van der Waals surface area (Å²) in [5.41, 5.74) is 2.80. The van der Waals surface area contributed by atoms with E-state index >= 15 is 0 Å². The van der Waals surface area contributed by atoms with E-state index in [1.165, 1.54) is 24.3 Å². The molecule has 3 aromatic carbocycles. The van der Waals surface area contributed by atoms with Crippen LogP contribution in [0.4, 0.5) is 8.78 Å². The van der Waals surface area contributed by atoms with Crippen molar-refractivity contribution >= 4 is 11.6 Å². The molecule has 0 aliphatic heterocycles. The fraction of sp³-hybridized carbons (Fsp3) is 0.100. The molecule has 0 atom stereocenters. The number of halogens is 3. The summed E-state index contributed by atoms with van der Waals surface area (Å²) < 4.78 is 26.6. The van der Waals surface area contributed by atoms with Gasteiger partial charge in [0.1, 0.15) is 17.4 Å². The maximum atomic E-state index is 13.3. The van der Waals surface area contributed by atoms with E-state index in [2.05, 4.69) is 0 Å². The van der Waals surface area contributed by atoms with Crippen LogP contribution in [0, 0.1) is 18.6 Å². The average Bonchev–Trinajstić information content (AvgIpc) is 2.55. The third-order valence-corrected chi connectivity index (χ3v) is 4.23. The van der Waals surface area contributed by atoms with Gasteiger partial charge < -0.3 is 5.11 Å². The van der Waals surface area contributed by atoms with Crippen LogP contribution in [0.2, 0.25) is 5.02 Å². The van der Waals surface area contributed by atoms with Gasteiger partial charge >= 0.3 is 0 Å². The predicted molar refractivity (Wildman–Crippen MR) is 91.6 cm³/mol. The Bertz CT molecular complexity index is 813. The molecule has 0 aromatic heterocycles. The minimum absolute atomic E-state index is 0.123. The molecular weight excluding hydrogens is 330 g/mol. The van der Waals surface area contributed by atoms with E-state index in [1.54, 1.807) is 43.3 Å². The summed E-state index contributed by atoms with van der Waals surface area (Å²) in [5, 5.41) is 11.0. The van der Waals surface area contributed by atoms with Crippen LogP contribution in [-0.4, -0.2) is 5.11 Å². The van der Waals surface area contributed by atoms with Crippen molar-refractivity contribution in [2.24, 2.45) is 0 Å². The van der Waals surface area contributed by atoms with E-state index in [9.17, 15) is 13.9 Å². The molecule has 0 fully saturated rings. The summed E-state index contributed by atoms with van der Waals surface area (Å²) in [4.78, 5) is 0. The van der Waals surface area contributed by atoms with Gasteiger partial charge in [0, 0.05) is 16.5 Å². The molecule has 1 N–H and O–H groups in total. The standard InChI is InChI=1S/C20H15ClF2O/c1-12-10-15(21)11-18(20(12)24)19(13-2-6-16(22)7-3-13)14-4-8-17(23)9-5-14/h2-11,19,24H,1H3. The quantitative estimate of drug-likeness (QED) is 0.594. The summed E-state index contributed by atoms with van der Waals surface area (Å²) in [6, 6.07) is 15.4. The lowest BCUT2D eigenvalue weighted by molar-refractivity contribution is 0.463. The number of hydrogen-bond acceptors (Lipinski definition) is 1. The fourth-order valence-electron chi connectivity index (χ4n) is 2.84. The topological polar surface area (TPSA) is 20.2 Å². The summed E-state index contributed by atoms with van der Waals surface area (Å²) in [7, 11) is 0. The molecule has 0 heterocycles. The molecule has 0 unspecified atom stereocenters. The van der Waals surface area contributed by atoms with Crippen LogP contribution in [-0.2, 0) is 0 Å². The van der Waals surface area contributed by atoms with Crippen molar-refractivity contribution in [2.45, 2.75) is 12.8 Å². The van der Waals surface area contributed by atoms with Crippen LogP contribution in [0.3, 0.4) is 0 Å². The minimum atomic E-state index is -0.386. The first-order valence-corrected chi connectivity index (χ1v) is 7.83. The van der Waals surface area contributed by atoms with Gasteiger partial charge in [-0.2, -0.15) is 0 Å². The van der Waals surface area contributed by atoms with Gasteiger partial charge in [-0.1, -0.05) is 35.9 Å². The zero-order valence-corrected chi connectivity index (χ0v) is 13.7. The van der Waals surface area contributed by atoms with E-state index in [0.717, 1.165) is 11.1 Å². The molecule has 1 nitrogen and oxygen atoms in total. The molecular formula is C20H15ClF2O. The molecule has 0 radical (unpaired) electrons. The lowest BCUT2D eigenvalue weighted by atomic mass is 9.84. The fourth-order valence-corrected chi connectivity index (χ4v) is 3.12. The van der Waals surface area contributed by atoms with E-state index in [-0.39, 0.29) is 23.3 Å². The highest BCUT2D eigenvalue weighted by Crippen LogP contribution is 2.39. The smallest absolute Gasteiger partial charge is 0.123 e. The Kier molecular flexibility index (Phi) is 4.54. The van der Waals surface area contributed by atoms with Gasteiger partial charge in [-0.15, -0.1) is 0 Å². The second-order valence-corrected chi connectivity index (χ2v) is 6.13. The first-order chi connectivity index (χ1) is 11.5. The molecule has 3 rings (SSSR count). The lowest BCUT2D eigenvalue weighted by Crippen LogP contribution is -2.05. The third kappa shape index (κ3) is 3.26. The van der Waals surface area contributed by atoms with Gasteiger partial charge in [-0.3, -0.25) is 0 Å². The average molecular weight is 345 g/mol. The molecule has 0 saturated heterocycles. The van der Waals surface area contributed by atoms with Crippen molar-refractivity contribution in [2.75, 3.05) is 0 Å². The number of hydrogen-bond donors (Lipinski definition) is 1. The largest absolute Gasteiger partial charge is 0.507 e. The summed E-state index contributed by atoms with van der Waals surface area (Å²) in [5.74, 6) is -0.951. The van der Waals surface area contributed by atoms with Crippen LogP contribution in [0.25, 0.3) is 0 Å². The Labute approximate surface area is 144 Å². The lowest BCUT2D eigenvalue weighted by Gasteiger charge is -2.21. The summed E-state index contributed by atoms with van der Waals surface area (Å²) in [6.45, 7) is 1.76. The Balaban J connectivity index is 2.22. The van der Waals surface area contributed by atoms with E-state index in [0.29, 0.717) is 16.1 Å². The molecule has 0 amide bonds. The summed E-state index contributed by atoms with van der Waals surface area (Å²) >= 11 is 6.16. The van der Waals surface area contributed by atoms with Gasteiger partial charge in [0.05, 0.1) is 0 Å². The van der Waals surface area contributed by atoms with Gasteiger partial charge in [0.25, 0.3) is 0 Å².